The van der Waals surface area contributed by atoms with E-state index in [4.69, 9.17) is 22.3 Å². The van der Waals surface area contributed by atoms with Crippen molar-refractivity contribution in [2.75, 3.05) is 13.1 Å². The molecular weight excluding hydrogens is 297 g/mol. The fraction of sp³-hybridized carbons (Fsp3) is 0.364. The van der Waals surface area contributed by atoms with Crippen LogP contribution in [0.4, 0.5) is 0 Å². The molecule has 0 radical (unpaired) electrons. The van der Waals surface area contributed by atoms with Crippen LogP contribution in [-0.2, 0) is 9.05 Å². The molecule has 0 bridgehead atoms. The van der Waals surface area contributed by atoms with Gasteiger partial charge in [0.1, 0.15) is 0 Å². The Bertz CT molecular complexity index is 553. The van der Waals surface area contributed by atoms with E-state index >= 15 is 0 Å². The Morgan fingerprint density at radius 2 is 1.83 bits per heavy atom. The molecule has 0 unspecified atom stereocenters. The van der Waals surface area contributed by atoms with E-state index in [-0.39, 0.29) is 21.4 Å². The number of amides is 1. The van der Waals surface area contributed by atoms with Crippen LogP contribution in [0.25, 0.3) is 0 Å². The van der Waals surface area contributed by atoms with E-state index in [1.807, 2.05) is 13.8 Å². The summed E-state index contributed by atoms with van der Waals surface area (Å²) in [6, 6.07) is 3.82. The highest BCUT2D eigenvalue weighted by atomic mass is 35.7. The van der Waals surface area contributed by atoms with Gasteiger partial charge in [-0.3, -0.25) is 4.79 Å². The summed E-state index contributed by atoms with van der Waals surface area (Å²) in [5.74, 6) is -0.313. The van der Waals surface area contributed by atoms with Gasteiger partial charge in [-0.1, -0.05) is 11.6 Å². The van der Waals surface area contributed by atoms with Gasteiger partial charge >= 0.3 is 0 Å². The van der Waals surface area contributed by atoms with E-state index in [1.54, 1.807) is 4.90 Å². The van der Waals surface area contributed by atoms with Crippen LogP contribution in [0.5, 0.6) is 0 Å². The Kier molecular flexibility index (Phi) is 5.01. The van der Waals surface area contributed by atoms with Crippen molar-refractivity contribution in [1.29, 1.82) is 0 Å². The molecule has 0 aromatic heterocycles. The monoisotopic (exact) mass is 309 g/mol. The summed E-state index contributed by atoms with van der Waals surface area (Å²) in [5, 5.41) is 0.205. The highest BCUT2D eigenvalue weighted by Crippen LogP contribution is 2.24. The minimum atomic E-state index is -3.87. The number of hydrogen-bond acceptors (Lipinski definition) is 3. The fourth-order valence-corrected chi connectivity index (χ4v) is 2.48. The summed E-state index contributed by atoms with van der Waals surface area (Å²) in [6.07, 6.45) is 0. The number of halogens is 2. The van der Waals surface area contributed by atoms with E-state index in [2.05, 4.69) is 0 Å². The van der Waals surface area contributed by atoms with E-state index in [0.717, 1.165) is 0 Å². The second kappa shape index (κ2) is 5.91. The molecular formula is C11H13Cl2NO3S. The van der Waals surface area contributed by atoms with Crippen LogP contribution in [0.15, 0.2) is 23.1 Å². The van der Waals surface area contributed by atoms with Crippen molar-refractivity contribution in [3.8, 4) is 0 Å². The van der Waals surface area contributed by atoms with Crippen molar-refractivity contribution in [1.82, 2.24) is 4.90 Å². The summed E-state index contributed by atoms with van der Waals surface area (Å²) in [7, 11) is 1.37. The standard InChI is InChI=1S/C11H13Cl2NO3S/c1-3-14(4-2)11(15)9-7-8(18(13,16)17)5-6-10(9)12/h5-7H,3-4H2,1-2H3. The van der Waals surface area contributed by atoms with E-state index in [0.29, 0.717) is 13.1 Å². The first-order chi connectivity index (χ1) is 8.31. The Hall–Kier alpha value is -0.780. The zero-order chi connectivity index (χ0) is 13.9. The third-order valence-corrected chi connectivity index (χ3v) is 4.18. The SMILES string of the molecule is CCN(CC)C(=O)c1cc(S(=O)(=O)Cl)ccc1Cl. The largest absolute Gasteiger partial charge is 0.339 e. The molecule has 0 atom stereocenters. The molecule has 100 valence electrons. The highest BCUT2D eigenvalue weighted by Gasteiger charge is 2.19. The van der Waals surface area contributed by atoms with Crippen LogP contribution in [-0.4, -0.2) is 32.3 Å². The van der Waals surface area contributed by atoms with Gasteiger partial charge in [0.05, 0.1) is 15.5 Å². The number of carbonyl (C=O) groups is 1. The molecule has 0 aliphatic carbocycles. The minimum absolute atomic E-state index is 0.135. The molecule has 1 rings (SSSR count). The van der Waals surface area contributed by atoms with Crippen LogP contribution in [0.1, 0.15) is 24.2 Å². The van der Waals surface area contributed by atoms with Crippen molar-refractivity contribution in [2.24, 2.45) is 0 Å². The lowest BCUT2D eigenvalue weighted by Gasteiger charge is -2.19. The first-order valence-electron chi connectivity index (χ1n) is 5.34. The molecule has 7 heteroatoms. The summed E-state index contributed by atoms with van der Waals surface area (Å²) in [4.78, 5) is 13.5. The molecule has 1 aromatic rings. The molecule has 1 amide bonds. The predicted octanol–water partition coefficient (Wildman–Crippen LogP) is 2.75. The Morgan fingerprint density at radius 3 is 2.28 bits per heavy atom. The van der Waals surface area contributed by atoms with Crippen molar-refractivity contribution in [3.05, 3.63) is 28.8 Å². The van der Waals surface area contributed by atoms with Gasteiger partial charge in [0.2, 0.25) is 0 Å². The molecule has 18 heavy (non-hydrogen) atoms. The van der Waals surface area contributed by atoms with Crippen LogP contribution >= 0.6 is 22.3 Å². The Labute approximate surface area is 116 Å². The smallest absolute Gasteiger partial charge is 0.261 e. The molecule has 0 fully saturated rings. The average molecular weight is 310 g/mol. The van der Waals surface area contributed by atoms with Crippen LogP contribution < -0.4 is 0 Å². The molecule has 0 aliphatic heterocycles. The van der Waals surface area contributed by atoms with E-state index < -0.39 is 9.05 Å². The van der Waals surface area contributed by atoms with Gasteiger partial charge in [-0.2, -0.15) is 0 Å². The maximum absolute atomic E-state index is 12.1. The van der Waals surface area contributed by atoms with Gasteiger partial charge in [0.25, 0.3) is 15.0 Å². The highest BCUT2D eigenvalue weighted by molar-refractivity contribution is 8.13. The first-order valence-corrected chi connectivity index (χ1v) is 8.03. The summed E-state index contributed by atoms with van der Waals surface area (Å²) < 4.78 is 22.5. The lowest BCUT2D eigenvalue weighted by molar-refractivity contribution is 0.0773. The summed E-state index contributed by atoms with van der Waals surface area (Å²) in [5.41, 5.74) is 0.141. The first kappa shape index (κ1) is 15.3. The molecule has 0 heterocycles. The maximum atomic E-state index is 12.1. The van der Waals surface area contributed by atoms with Crippen molar-refractivity contribution in [2.45, 2.75) is 18.7 Å². The van der Waals surface area contributed by atoms with Gasteiger partial charge in [-0.05, 0) is 32.0 Å². The Balaban J connectivity index is 3.28. The Morgan fingerprint density at radius 1 is 1.28 bits per heavy atom. The van der Waals surface area contributed by atoms with Crippen LogP contribution in [0.2, 0.25) is 5.02 Å². The average Bonchev–Trinajstić information content (AvgIpc) is 2.29. The number of hydrogen-bond donors (Lipinski definition) is 0. The fourth-order valence-electron chi connectivity index (χ4n) is 1.50. The van der Waals surface area contributed by atoms with Gasteiger partial charge in [0, 0.05) is 23.8 Å². The molecule has 0 saturated carbocycles. The number of rotatable bonds is 4. The van der Waals surface area contributed by atoms with Crippen molar-refractivity contribution < 1.29 is 13.2 Å². The topological polar surface area (TPSA) is 54.5 Å². The molecule has 0 saturated heterocycles. The van der Waals surface area contributed by atoms with Crippen molar-refractivity contribution >= 4 is 37.2 Å². The molecule has 0 aliphatic rings. The lowest BCUT2D eigenvalue weighted by atomic mass is 10.2. The number of carbonyl (C=O) groups excluding carboxylic acids is 1. The van der Waals surface area contributed by atoms with Gasteiger partial charge in [-0.15, -0.1) is 0 Å². The maximum Gasteiger partial charge on any atom is 0.261 e. The third kappa shape index (κ3) is 3.37. The summed E-state index contributed by atoms with van der Waals surface area (Å²) >= 11 is 5.91. The van der Waals surface area contributed by atoms with Gasteiger partial charge < -0.3 is 4.90 Å². The third-order valence-electron chi connectivity index (χ3n) is 2.50. The molecule has 4 nitrogen and oxygen atoms in total. The number of benzene rings is 1. The quantitative estimate of drug-likeness (QED) is 0.804. The van der Waals surface area contributed by atoms with Crippen LogP contribution in [0.3, 0.4) is 0 Å². The van der Waals surface area contributed by atoms with Crippen LogP contribution in [0, 0.1) is 0 Å². The second-order valence-corrected chi connectivity index (χ2v) is 6.53. The van der Waals surface area contributed by atoms with E-state index in [9.17, 15) is 13.2 Å². The molecule has 1 aromatic carbocycles. The minimum Gasteiger partial charge on any atom is -0.339 e. The predicted molar refractivity (Wildman–Crippen MR) is 71.7 cm³/mol. The number of nitrogens with zero attached hydrogens (tertiary/aromatic N) is 1. The van der Waals surface area contributed by atoms with E-state index in [1.165, 1.54) is 18.2 Å². The molecule has 0 spiro atoms. The second-order valence-electron chi connectivity index (χ2n) is 3.56. The molecule has 0 N–H and O–H groups in total. The normalized spacial score (nSPS) is 11.3. The zero-order valence-electron chi connectivity index (χ0n) is 9.98. The lowest BCUT2D eigenvalue weighted by Crippen LogP contribution is -2.30. The summed E-state index contributed by atoms with van der Waals surface area (Å²) in [6.45, 7) is 4.70. The van der Waals surface area contributed by atoms with Gasteiger partial charge in [-0.25, -0.2) is 8.42 Å². The van der Waals surface area contributed by atoms with Gasteiger partial charge in [0.15, 0.2) is 0 Å². The van der Waals surface area contributed by atoms with Crippen molar-refractivity contribution in [3.63, 3.8) is 0 Å². The zero-order valence-corrected chi connectivity index (χ0v) is 12.3.